The van der Waals surface area contributed by atoms with Crippen molar-refractivity contribution in [3.63, 3.8) is 0 Å². The van der Waals surface area contributed by atoms with E-state index in [1.54, 1.807) is 6.07 Å². The number of halogens is 3. The molecule has 1 heterocycles. The minimum atomic E-state index is -4.92. The molecule has 132 valence electrons. The molecule has 0 saturated heterocycles. The minimum Gasteiger partial charge on any atom is -0.330 e. The quantitative estimate of drug-likeness (QED) is 0.889. The van der Waals surface area contributed by atoms with E-state index >= 15 is 0 Å². The summed E-state index contributed by atoms with van der Waals surface area (Å²) in [5.41, 5.74) is 1.20. The smallest absolute Gasteiger partial charge is 0.330 e. The summed E-state index contributed by atoms with van der Waals surface area (Å²) in [4.78, 5) is 12.1. The third-order valence-corrected chi connectivity index (χ3v) is 5.71. The van der Waals surface area contributed by atoms with Gasteiger partial charge in [-0.05, 0) is 48.4 Å². The number of fused-ring (bicyclic) bond motifs is 1. The number of carbonyl (C=O) groups is 1. The molecule has 0 bridgehead atoms. The van der Waals surface area contributed by atoms with Crippen LogP contribution in [-0.2, 0) is 27.8 Å². The van der Waals surface area contributed by atoms with Gasteiger partial charge in [0.05, 0.1) is 4.90 Å². The van der Waals surface area contributed by atoms with Crippen LogP contribution in [0.3, 0.4) is 0 Å². The number of rotatable bonds is 4. The molecule has 1 amide bonds. The number of benzene rings is 1. The topological polar surface area (TPSA) is 66.5 Å². The summed E-state index contributed by atoms with van der Waals surface area (Å²) in [6, 6.07) is 4.42. The zero-order valence-electron chi connectivity index (χ0n) is 12.8. The predicted molar refractivity (Wildman–Crippen MR) is 79.5 cm³/mol. The van der Waals surface area contributed by atoms with Crippen molar-refractivity contribution in [3.8, 4) is 0 Å². The lowest BCUT2D eigenvalue weighted by Gasteiger charge is -2.29. The molecule has 2 aliphatic rings. The Morgan fingerprint density at radius 3 is 2.58 bits per heavy atom. The Hall–Kier alpha value is -1.61. The molecule has 5 nitrogen and oxygen atoms in total. The van der Waals surface area contributed by atoms with Crippen molar-refractivity contribution >= 4 is 15.9 Å². The van der Waals surface area contributed by atoms with Crippen molar-refractivity contribution in [1.82, 2.24) is 9.62 Å². The second-order valence-electron chi connectivity index (χ2n) is 6.20. The summed E-state index contributed by atoms with van der Waals surface area (Å²) in [7, 11) is -3.69. The molecule has 1 aliphatic heterocycles. The predicted octanol–water partition coefficient (Wildman–Crippen LogP) is 1.82. The SMILES string of the molecule is O=C(N1CCc2ccc(S(=O)(=O)NCC3CC3)cc2C1)C(F)(F)F. The zero-order valence-corrected chi connectivity index (χ0v) is 13.6. The van der Waals surface area contributed by atoms with E-state index < -0.39 is 22.1 Å². The normalized spacial score (nSPS) is 18.4. The molecule has 0 atom stereocenters. The molecule has 1 aliphatic carbocycles. The molecule has 0 aromatic heterocycles. The zero-order chi connectivity index (χ0) is 17.5. The first-order valence-electron chi connectivity index (χ1n) is 7.64. The molecule has 0 radical (unpaired) electrons. The van der Waals surface area contributed by atoms with E-state index in [-0.39, 0.29) is 24.4 Å². The lowest BCUT2D eigenvalue weighted by atomic mass is 10.00. The fraction of sp³-hybridized carbons (Fsp3) is 0.533. The van der Waals surface area contributed by atoms with E-state index in [1.165, 1.54) is 12.1 Å². The lowest BCUT2D eigenvalue weighted by molar-refractivity contribution is -0.186. The highest BCUT2D eigenvalue weighted by Gasteiger charge is 2.43. The van der Waals surface area contributed by atoms with Crippen LogP contribution in [-0.4, -0.2) is 38.5 Å². The minimum absolute atomic E-state index is 0.0169. The van der Waals surface area contributed by atoms with Crippen LogP contribution in [0, 0.1) is 5.92 Å². The summed E-state index contributed by atoms with van der Waals surface area (Å²) in [6.07, 6.45) is -2.65. The van der Waals surface area contributed by atoms with E-state index in [1.807, 2.05) is 0 Å². The van der Waals surface area contributed by atoms with Crippen molar-refractivity contribution in [2.45, 2.75) is 36.9 Å². The monoisotopic (exact) mass is 362 g/mol. The third kappa shape index (κ3) is 3.72. The first-order chi connectivity index (χ1) is 11.2. The average molecular weight is 362 g/mol. The maximum atomic E-state index is 12.6. The number of amides is 1. The number of hydrogen-bond donors (Lipinski definition) is 1. The van der Waals surface area contributed by atoms with E-state index in [0.717, 1.165) is 18.4 Å². The second kappa shape index (κ2) is 6.03. The lowest BCUT2D eigenvalue weighted by Crippen LogP contribution is -2.43. The summed E-state index contributed by atoms with van der Waals surface area (Å²) < 4.78 is 64.7. The summed E-state index contributed by atoms with van der Waals surface area (Å²) in [6.45, 7) is 0.106. The first kappa shape index (κ1) is 17.2. The highest BCUT2D eigenvalue weighted by atomic mass is 32.2. The molecular weight excluding hydrogens is 345 g/mol. The number of nitrogens with zero attached hydrogens (tertiary/aromatic N) is 1. The Bertz CT molecular complexity index is 758. The fourth-order valence-corrected chi connectivity index (χ4v) is 3.85. The number of nitrogens with one attached hydrogen (secondary N) is 1. The van der Waals surface area contributed by atoms with Gasteiger partial charge in [0.2, 0.25) is 10.0 Å². The largest absolute Gasteiger partial charge is 0.471 e. The number of alkyl halides is 3. The Morgan fingerprint density at radius 1 is 1.25 bits per heavy atom. The molecule has 1 N–H and O–H groups in total. The van der Waals surface area contributed by atoms with E-state index in [9.17, 15) is 26.4 Å². The Labute approximate surface area is 137 Å². The van der Waals surface area contributed by atoms with Crippen LogP contribution in [0.15, 0.2) is 23.1 Å². The average Bonchev–Trinajstić information content (AvgIpc) is 3.34. The van der Waals surface area contributed by atoms with E-state index in [4.69, 9.17) is 0 Å². The summed E-state index contributed by atoms with van der Waals surface area (Å²) >= 11 is 0. The van der Waals surface area contributed by atoms with Gasteiger partial charge in [-0.3, -0.25) is 4.79 Å². The van der Waals surface area contributed by atoms with Crippen molar-refractivity contribution < 1.29 is 26.4 Å². The third-order valence-electron chi connectivity index (χ3n) is 4.29. The molecule has 9 heteroatoms. The summed E-state index contributed by atoms with van der Waals surface area (Å²) in [5, 5.41) is 0. The van der Waals surface area contributed by atoms with Crippen LogP contribution in [0.1, 0.15) is 24.0 Å². The first-order valence-corrected chi connectivity index (χ1v) is 9.13. The van der Waals surface area contributed by atoms with Crippen LogP contribution >= 0.6 is 0 Å². The number of hydrogen-bond acceptors (Lipinski definition) is 3. The van der Waals surface area contributed by atoms with Gasteiger partial charge in [0, 0.05) is 19.6 Å². The molecule has 1 saturated carbocycles. The van der Waals surface area contributed by atoms with Gasteiger partial charge >= 0.3 is 12.1 Å². The van der Waals surface area contributed by atoms with Crippen LogP contribution in [0.4, 0.5) is 13.2 Å². The summed E-state index contributed by atoms with van der Waals surface area (Å²) in [5.74, 6) is -1.52. The number of carbonyl (C=O) groups excluding carboxylic acids is 1. The van der Waals surface area contributed by atoms with Gasteiger partial charge in [-0.15, -0.1) is 0 Å². The van der Waals surface area contributed by atoms with E-state index in [0.29, 0.717) is 22.9 Å². The van der Waals surface area contributed by atoms with Crippen molar-refractivity contribution in [3.05, 3.63) is 29.3 Å². The van der Waals surface area contributed by atoms with Crippen LogP contribution in [0.5, 0.6) is 0 Å². The standard InChI is InChI=1S/C15H17F3N2O3S/c16-15(17,18)14(21)20-6-5-11-3-4-13(7-12(11)9-20)24(22,23)19-8-10-1-2-10/h3-4,7,10,19H,1-2,5-6,8-9H2. The fourth-order valence-electron chi connectivity index (χ4n) is 2.69. The van der Waals surface area contributed by atoms with Gasteiger partial charge in [-0.2, -0.15) is 13.2 Å². The van der Waals surface area contributed by atoms with E-state index in [2.05, 4.69) is 4.72 Å². The van der Waals surface area contributed by atoms with Gasteiger partial charge < -0.3 is 4.90 Å². The maximum absolute atomic E-state index is 12.6. The van der Waals surface area contributed by atoms with Crippen LogP contribution in [0.25, 0.3) is 0 Å². The van der Waals surface area contributed by atoms with Gasteiger partial charge in [0.15, 0.2) is 0 Å². The van der Waals surface area contributed by atoms with Crippen molar-refractivity contribution in [2.24, 2.45) is 5.92 Å². The van der Waals surface area contributed by atoms with Crippen LogP contribution in [0.2, 0.25) is 0 Å². The highest BCUT2D eigenvalue weighted by molar-refractivity contribution is 7.89. The highest BCUT2D eigenvalue weighted by Crippen LogP contribution is 2.29. The Balaban J connectivity index is 1.79. The molecule has 3 rings (SSSR count). The second-order valence-corrected chi connectivity index (χ2v) is 7.97. The molecule has 24 heavy (non-hydrogen) atoms. The number of sulfonamides is 1. The van der Waals surface area contributed by atoms with Gasteiger partial charge in [-0.25, -0.2) is 13.1 Å². The maximum Gasteiger partial charge on any atom is 0.471 e. The molecule has 1 fully saturated rings. The van der Waals surface area contributed by atoms with Crippen LogP contribution < -0.4 is 4.72 Å². The van der Waals surface area contributed by atoms with Crippen molar-refractivity contribution in [2.75, 3.05) is 13.1 Å². The Kier molecular flexibility index (Phi) is 4.33. The Morgan fingerprint density at radius 2 is 1.96 bits per heavy atom. The van der Waals surface area contributed by atoms with Gasteiger partial charge in [0.1, 0.15) is 0 Å². The molecule has 0 spiro atoms. The molecule has 1 aromatic rings. The van der Waals surface area contributed by atoms with Gasteiger partial charge in [0.25, 0.3) is 0 Å². The molecule has 0 unspecified atom stereocenters. The molecular formula is C15H17F3N2O3S. The van der Waals surface area contributed by atoms with Gasteiger partial charge in [-0.1, -0.05) is 6.07 Å². The van der Waals surface area contributed by atoms with Crippen molar-refractivity contribution in [1.29, 1.82) is 0 Å². The molecule has 1 aromatic carbocycles.